The van der Waals surface area contributed by atoms with E-state index in [1.165, 1.54) is 38.3 Å². The minimum Gasteiger partial charge on any atom is -0.469 e. The Labute approximate surface area is 170 Å². The first-order valence-electron chi connectivity index (χ1n) is 8.68. The van der Waals surface area contributed by atoms with Crippen molar-refractivity contribution in [3.8, 4) is 6.07 Å². The van der Waals surface area contributed by atoms with Crippen LogP contribution in [-0.2, 0) is 28.9 Å². The van der Waals surface area contributed by atoms with Crippen LogP contribution < -0.4 is 0 Å². The Morgan fingerprint density at radius 3 is 2.25 bits per heavy atom. The number of nitriles is 1. The molecule has 2 unspecified atom stereocenters. The van der Waals surface area contributed by atoms with Crippen LogP contribution in [0.1, 0.15) is 40.0 Å². The molecule has 0 fully saturated rings. The molecule has 1 rings (SSSR count). The van der Waals surface area contributed by atoms with Crippen molar-refractivity contribution in [2.24, 2.45) is 5.92 Å². The van der Waals surface area contributed by atoms with Crippen molar-refractivity contribution < 1.29 is 27.5 Å². The second-order valence-corrected chi connectivity index (χ2v) is 9.39. The zero-order valence-corrected chi connectivity index (χ0v) is 17.8. The average molecular weight is 430 g/mol. The number of sulfone groups is 1. The molecular weight excluding hydrogens is 406 g/mol. The van der Waals surface area contributed by atoms with Gasteiger partial charge in [0, 0.05) is 11.4 Å². The van der Waals surface area contributed by atoms with E-state index in [1.807, 2.05) is 6.07 Å². The smallest absolute Gasteiger partial charge is 0.328 e. The molecule has 28 heavy (non-hydrogen) atoms. The van der Waals surface area contributed by atoms with Crippen molar-refractivity contribution in [2.75, 3.05) is 7.11 Å². The Morgan fingerprint density at radius 1 is 1.21 bits per heavy atom. The quantitative estimate of drug-likeness (QED) is 0.553. The lowest BCUT2D eigenvalue weighted by Crippen LogP contribution is -2.50. The summed E-state index contributed by atoms with van der Waals surface area (Å²) in [6.07, 6.45) is -1.49. The molecule has 1 aromatic carbocycles. The molecule has 0 spiro atoms. The number of halogens is 1. The Kier molecular flexibility index (Phi) is 8.46. The summed E-state index contributed by atoms with van der Waals surface area (Å²) in [4.78, 5) is 24.8. The molecule has 7 nitrogen and oxygen atoms in total. The fourth-order valence-corrected chi connectivity index (χ4v) is 5.02. The van der Waals surface area contributed by atoms with Crippen molar-refractivity contribution >= 4 is 33.4 Å². The van der Waals surface area contributed by atoms with Crippen molar-refractivity contribution in [2.45, 2.75) is 55.8 Å². The number of carbonyl (C=O) groups is 2. The van der Waals surface area contributed by atoms with Gasteiger partial charge < -0.3 is 9.47 Å². The first kappa shape index (κ1) is 23.9. The van der Waals surface area contributed by atoms with Gasteiger partial charge in [-0.3, -0.25) is 9.59 Å². The highest BCUT2D eigenvalue weighted by atomic mass is 35.5. The Hall–Kier alpha value is -2.11. The van der Waals surface area contributed by atoms with Crippen LogP contribution in [0, 0.1) is 17.2 Å². The molecule has 0 bridgehead atoms. The first-order valence-corrected chi connectivity index (χ1v) is 10.5. The second-order valence-electron chi connectivity index (χ2n) is 6.69. The van der Waals surface area contributed by atoms with Crippen LogP contribution in [0.5, 0.6) is 0 Å². The SMILES string of the molecule is COC(=O)C(C)CC(CCC#N)(C(=O)OC(C)C)S(=O)(=O)c1ccc(Cl)cc1. The number of hydrogen-bond donors (Lipinski definition) is 0. The zero-order chi connectivity index (χ0) is 21.5. The summed E-state index contributed by atoms with van der Waals surface area (Å²) in [5.74, 6) is -2.57. The average Bonchev–Trinajstić information content (AvgIpc) is 2.63. The molecule has 1 aromatic rings. The number of rotatable bonds is 9. The van der Waals surface area contributed by atoms with Gasteiger partial charge in [-0.25, -0.2) is 8.42 Å². The topological polar surface area (TPSA) is 111 Å². The molecule has 0 saturated heterocycles. The fraction of sp³-hybridized carbons (Fsp3) is 0.526. The van der Waals surface area contributed by atoms with Gasteiger partial charge in [-0.05, 0) is 51.0 Å². The second kappa shape index (κ2) is 9.89. The number of benzene rings is 1. The Bertz CT molecular complexity index is 844. The van der Waals surface area contributed by atoms with Crippen LogP contribution >= 0.6 is 11.6 Å². The highest BCUT2D eigenvalue weighted by molar-refractivity contribution is 7.93. The maximum absolute atomic E-state index is 13.5. The maximum Gasteiger partial charge on any atom is 0.328 e. The lowest BCUT2D eigenvalue weighted by atomic mass is 9.91. The number of hydrogen-bond acceptors (Lipinski definition) is 7. The van der Waals surface area contributed by atoms with Gasteiger partial charge in [0.25, 0.3) is 0 Å². The van der Waals surface area contributed by atoms with E-state index in [1.54, 1.807) is 13.8 Å². The maximum atomic E-state index is 13.5. The monoisotopic (exact) mass is 429 g/mol. The summed E-state index contributed by atoms with van der Waals surface area (Å²) >= 11 is 5.84. The van der Waals surface area contributed by atoms with Gasteiger partial charge in [-0.15, -0.1) is 0 Å². The van der Waals surface area contributed by atoms with Crippen LogP contribution in [0.2, 0.25) is 5.02 Å². The molecule has 0 amide bonds. The van der Waals surface area contributed by atoms with Crippen molar-refractivity contribution in [3.05, 3.63) is 29.3 Å². The predicted octanol–water partition coefficient (Wildman–Crippen LogP) is 3.31. The van der Waals surface area contributed by atoms with E-state index in [0.29, 0.717) is 5.02 Å². The van der Waals surface area contributed by atoms with Crippen LogP contribution in [0.3, 0.4) is 0 Å². The summed E-state index contributed by atoms with van der Waals surface area (Å²) in [5.41, 5.74) is 0. The van der Waals surface area contributed by atoms with Crippen molar-refractivity contribution in [3.63, 3.8) is 0 Å². The van der Waals surface area contributed by atoms with E-state index < -0.39 is 38.5 Å². The highest BCUT2D eigenvalue weighted by Crippen LogP contribution is 2.38. The molecule has 0 heterocycles. The van der Waals surface area contributed by atoms with E-state index >= 15 is 0 Å². The number of nitrogens with zero attached hydrogens (tertiary/aromatic N) is 1. The van der Waals surface area contributed by atoms with Gasteiger partial charge >= 0.3 is 11.9 Å². The molecule has 2 atom stereocenters. The van der Waals surface area contributed by atoms with Gasteiger partial charge in [-0.2, -0.15) is 5.26 Å². The number of carbonyl (C=O) groups excluding carboxylic acids is 2. The minimum atomic E-state index is -4.33. The van der Waals surface area contributed by atoms with Crippen LogP contribution in [0.4, 0.5) is 0 Å². The third kappa shape index (κ3) is 5.24. The van der Waals surface area contributed by atoms with E-state index in [9.17, 15) is 18.0 Å². The number of ether oxygens (including phenoxy) is 2. The standard InChI is InChI=1S/C19H24ClNO6S/c1-13(2)27-18(23)19(10-5-11-21,12-14(3)17(22)26-4)28(24,25)16-8-6-15(20)7-9-16/h6-9,13-14H,5,10,12H2,1-4H3. The molecule has 0 aliphatic heterocycles. The lowest BCUT2D eigenvalue weighted by molar-refractivity contribution is -0.152. The van der Waals surface area contributed by atoms with Crippen LogP contribution in [0.25, 0.3) is 0 Å². The predicted molar refractivity (Wildman–Crippen MR) is 103 cm³/mol. The lowest BCUT2D eigenvalue weighted by Gasteiger charge is -2.33. The molecule has 154 valence electrons. The van der Waals surface area contributed by atoms with Crippen LogP contribution in [0.15, 0.2) is 29.2 Å². The van der Waals surface area contributed by atoms with Gasteiger partial charge in [0.2, 0.25) is 0 Å². The summed E-state index contributed by atoms with van der Waals surface area (Å²) in [7, 11) is -3.15. The molecule has 0 saturated carbocycles. The molecule has 0 aromatic heterocycles. The van der Waals surface area contributed by atoms with Gasteiger partial charge in [0.15, 0.2) is 14.6 Å². The molecule has 0 aliphatic rings. The summed E-state index contributed by atoms with van der Waals surface area (Å²) < 4.78 is 34.9. The molecule has 9 heteroatoms. The van der Waals surface area contributed by atoms with E-state index in [4.69, 9.17) is 21.6 Å². The van der Waals surface area contributed by atoms with Crippen molar-refractivity contribution in [1.29, 1.82) is 5.26 Å². The molecule has 0 radical (unpaired) electrons. The normalized spacial score (nSPS) is 14.6. The van der Waals surface area contributed by atoms with Gasteiger partial charge in [-0.1, -0.05) is 18.5 Å². The van der Waals surface area contributed by atoms with E-state index in [2.05, 4.69) is 4.74 Å². The van der Waals surface area contributed by atoms with Crippen LogP contribution in [-0.4, -0.2) is 38.3 Å². The largest absolute Gasteiger partial charge is 0.469 e. The molecule has 0 N–H and O–H groups in total. The molecular formula is C19H24ClNO6S. The van der Waals surface area contributed by atoms with E-state index in [0.717, 1.165) is 0 Å². The Morgan fingerprint density at radius 2 is 1.79 bits per heavy atom. The van der Waals surface area contributed by atoms with Gasteiger partial charge in [0.05, 0.1) is 30.1 Å². The van der Waals surface area contributed by atoms with Crippen molar-refractivity contribution in [1.82, 2.24) is 0 Å². The zero-order valence-electron chi connectivity index (χ0n) is 16.3. The minimum absolute atomic E-state index is 0.146. The Balaban J connectivity index is 3.64. The summed E-state index contributed by atoms with van der Waals surface area (Å²) in [6, 6.07) is 7.21. The summed E-state index contributed by atoms with van der Waals surface area (Å²) in [6.45, 7) is 4.64. The highest BCUT2D eigenvalue weighted by Gasteiger charge is 2.54. The fourth-order valence-electron chi connectivity index (χ4n) is 2.84. The summed E-state index contributed by atoms with van der Waals surface area (Å²) in [5, 5.41) is 9.38. The number of esters is 2. The number of methoxy groups -OCH3 is 1. The van der Waals surface area contributed by atoms with E-state index in [-0.39, 0.29) is 24.2 Å². The third-order valence-electron chi connectivity index (χ3n) is 4.23. The third-order valence-corrected chi connectivity index (χ3v) is 6.94. The molecule has 0 aliphatic carbocycles. The van der Waals surface area contributed by atoms with Gasteiger partial charge in [0.1, 0.15) is 0 Å². The first-order chi connectivity index (χ1) is 13.0.